The Balaban J connectivity index is 1.60. The maximum absolute atomic E-state index is 12.5. The molecule has 0 radical (unpaired) electrons. The fraction of sp³-hybridized carbons (Fsp3) is 0.412. The summed E-state index contributed by atoms with van der Waals surface area (Å²) in [5, 5.41) is 0. The molecule has 1 aromatic heterocycles. The minimum atomic E-state index is -2.86. The number of amides is 1. The summed E-state index contributed by atoms with van der Waals surface area (Å²) in [6.45, 7) is -1.55. The lowest BCUT2D eigenvalue weighted by molar-refractivity contribution is -0.0498. The van der Waals surface area contributed by atoms with Crippen LogP contribution in [0.15, 0.2) is 36.7 Å². The molecule has 1 aliphatic rings. The van der Waals surface area contributed by atoms with Gasteiger partial charge in [0, 0.05) is 44.0 Å². The van der Waals surface area contributed by atoms with E-state index in [1.165, 1.54) is 24.3 Å². The lowest BCUT2D eigenvalue weighted by Gasteiger charge is -2.31. The Bertz CT molecular complexity index is 692. The first-order valence-corrected chi connectivity index (χ1v) is 7.86. The molecule has 1 amide bonds. The van der Waals surface area contributed by atoms with Crippen LogP contribution in [0.25, 0.3) is 0 Å². The first-order chi connectivity index (χ1) is 11.5. The zero-order valence-electron chi connectivity index (χ0n) is 13.4. The maximum atomic E-state index is 12.5. The summed E-state index contributed by atoms with van der Waals surface area (Å²) < 4.78 is 30.6. The van der Waals surface area contributed by atoms with Gasteiger partial charge in [0.05, 0.1) is 0 Å². The molecule has 1 fully saturated rings. The van der Waals surface area contributed by atoms with Crippen LogP contribution >= 0.6 is 0 Å². The van der Waals surface area contributed by atoms with Crippen molar-refractivity contribution in [2.45, 2.75) is 25.4 Å². The number of aryl methyl sites for hydroxylation is 1. The summed E-state index contributed by atoms with van der Waals surface area (Å²) >= 11 is 0. The Kier molecular flexibility index (Phi) is 4.78. The van der Waals surface area contributed by atoms with Crippen LogP contribution in [0.1, 0.15) is 34.9 Å². The van der Waals surface area contributed by atoms with E-state index in [9.17, 15) is 13.6 Å². The number of imidazole rings is 1. The van der Waals surface area contributed by atoms with Crippen LogP contribution in [0.3, 0.4) is 0 Å². The van der Waals surface area contributed by atoms with Crippen molar-refractivity contribution in [3.05, 3.63) is 48.0 Å². The van der Waals surface area contributed by atoms with Crippen LogP contribution in [-0.2, 0) is 7.05 Å². The number of halogens is 2. The molecule has 1 saturated heterocycles. The number of aromatic nitrogens is 2. The average Bonchev–Trinajstić information content (AvgIpc) is 3.00. The molecular formula is C17H19F2N3O2. The van der Waals surface area contributed by atoms with E-state index in [2.05, 4.69) is 9.72 Å². The van der Waals surface area contributed by atoms with E-state index in [0.717, 1.165) is 18.7 Å². The summed E-state index contributed by atoms with van der Waals surface area (Å²) in [7, 11) is 1.98. The topological polar surface area (TPSA) is 47.4 Å². The monoisotopic (exact) mass is 335 g/mol. The van der Waals surface area contributed by atoms with Crippen LogP contribution in [0.5, 0.6) is 5.75 Å². The van der Waals surface area contributed by atoms with Crippen molar-refractivity contribution < 1.29 is 18.3 Å². The SMILES string of the molecule is Cn1ccnc1C1CCN(C(=O)c2ccc(OC(F)F)cc2)CC1. The van der Waals surface area contributed by atoms with E-state index < -0.39 is 6.61 Å². The Hall–Kier alpha value is -2.44. The van der Waals surface area contributed by atoms with E-state index in [1.54, 1.807) is 11.1 Å². The van der Waals surface area contributed by atoms with Gasteiger partial charge in [-0.05, 0) is 37.1 Å². The molecule has 1 aromatic carbocycles. The van der Waals surface area contributed by atoms with Crippen molar-refractivity contribution in [3.8, 4) is 5.75 Å². The Morgan fingerprint density at radius 2 is 1.92 bits per heavy atom. The van der Waals surface area contributed by atoms with Crippen molar-refractivity contribution >= 4 is 5.91 Å². The molecule has 2 aromatic rings. The minimum Gasteiger partial charge on any atom is -0.435 e. The number of ether oxygens (including phenoxy) is 1. The van der Waals surface area contributed by atoms with E-state index in [0.29, 0.717) is 24.6 Å². The van der Waals surface area contributed by atoms with Gasteiger partial charge in [0.15, 0.2) is 0 Å². The second kappa shape index (κ2) is 6.98. The van der Waals surface area contributed by atoms with Gasteiger partial charge in [0.2, 0.25) is 0 Å². The largest absolute Gasteiger partial charge is 0.435 e. The summed E-state index contributed by atoms with van der Waals surface area (Å²) in [6, 6.07) is 5.82. The van der Waals surface area contributed by atoms with Gasteiger partial charge >= 0.3 is 6.61 Å². The van der Waals surface area contributed by atoms with E-state index in [1.807, 2.05) is 17.8 Å². The van der Waals surface area contributed by atoms with Crippen LogP contribution in [0, 0.1) is 0 Å². The highest BCUT2D eigenvalue weighted by Gasteiger charge is 2.26. The zero-order chi connectivity index (χ0) is 17.1. The maximum Gasteiger partial charge on any atom is 0.387 e. The van der Waals surface area contributed by atoms with E-state index >= 15 is 0 Å². The molecule has 1 aliphatic heterocycles. The van der Waals surface area contributed by atoms with Crippen LogP contribution < -0.4 is 4.74 Å². The van der Waals surface area contributed by atoms with Gasteiger partial charge in [-0.25, -0.2) is 4.98 Å². The number of hydrogen-bond donors (Lipinski definition) is 0. The van der Waals surface area contributed by atoms with Crippen molar-refractivity contribution in [3.63, 3.8) is 0 Å². The molecule has 0 saturated carbocycles. The number of alkyl halides is 2. The highest BCUT2D eigenvalue weighted by atomic mass is 19.3. The Morgan fingerprint density at radius 1 is 1.25 bits per heavy atom. The van der Waals surface area contributed by atoms with Crippen LogP contribution in [0.4, 0.5) is 8.78 Å². The fourth-order valence-electron chi connectivity index (χ4n) is 3.07. The third-order valence-electron chi connectivity index (χ3n) is 4.33. The Labute approximate surface area is 138 Å². The predicted octanol–water partition coefficient (Wildman–Crippen LogP) is 3.04. The number of nitrogens with zero attached hydrogens (tertiary/aromatic N) is 3. The molecule has 0 unspecified atom stereocenters. The molecule has 0 atom stereocenters. The Morgan fingerprint density at radius 3 is 2.46 bits per heavy atom. The number of benzene rings is 1. The number of carbonyl (C=O) groups excluding carboxylic acids is 1. The molecule has 128 valence electrons. The van der Waals surface area contributed by atoms with Gasteiger partial charge in [0.1, 0.15) is 11.6 Å². The number of likely N-dealkylation sites (tertiary alicyclic amines) is 1. The van der Waals surface area contributed by atoms with E-state index in [4.69, 9.17) is 0 Å². The standard InChI is InChI=1S/C17H19F2N3O2/c1-21-11-8-20-15(21)12-6-9-22(10-7-12)16(23)13-2-4-14(5-3-13)24-17(18)19/h2-5,8,11-12,17H,6-7,9-10H2,1H3. The van der Waals surface area contributed by atoms with Crippen molar-refractivity contribution in [2.24, 2.45) is 7.05 Å². The van der Waals surface area contributed by atoms with Gasteiger partial charge in [-0.2, -0.15) is 8.78 Å². The van der Waals surface area contributed by atoms with E-state index in [-0.39, 0.29) is 11.7 Å². The number of piperidine rings is 1. The zero-order valence-corrected chi connectivity index (χ0v) is 13.4. The molecule has 0 bridgehead atoms. The van der Waals surface area contributed by atoms with Gasteiger partial charge < -0.3 is 14.2 Å². The van der Waals surface area contributed by atoms with Gasteiger partial charge in [-0.1, -0.05) is 0 Å². The number of carbonyl (C=O) groups is 1. The number of rotatable bonds is 4. The average molecular weight is 335 g/mol. The van der Waals surface area contributed by atoms with Crippen molar-refractivity contribution in [1.29, 1.82) is 0 Å². The molecule has 5 nitrogen and oxygen atoms in total. The van der Waals surface area contributed by atoms with Crippen molar-refractivity contribution in [2.75, 3.05) is 13.1 Å². The lowest BCUT2D eigenvalue weighted by atomic mass is 9.95. The predicted molar refractivity (Wildman–Crippen MR) is 84.2 cm³/mol. The molecule has 2 heterocycles. The first kappa shape index (κ1) is 16.4. The molecular weight excluding hydrogens is 316 g/mol. The highest BCUT2D eigenvalue weighted by molar-refractivity contribution is 5.94. The van der Waals surface area contributed by atoms with Gasteiger partial charge in [-0.15, -0.1) is 0 Å². The quantitative estimate of drug-likeness (QED) is 0.863. The third kappa shape index (κ3) is 3.55. The minimum absolute atomic E-state index is 0.0510. The third-order valence-corrected chi connectivity index (χ3v) is 4.33. The van der Waals surface area contributed by atoms with Crippen LogP contribution in [0.2, 0.25) is 0 Å². The fourth-order valence-corrected chi connectivity index (χ4v) is 3.07. The van der Waals surface area contributed by atoms with Gasteiger partial charge in [-0.3, -0.25) is 4.79 Å². The van der Waals surface area contributed by atoms with Crippen LogP contribution in [-0.4, -0.2) is 40.1 Å². The molecule has 0 spiro atoms. The molecule has 24 heavy (non-hydrogen) atoms. The highest BCUT2D eigenvalue weighted by Crippen LogP contribution is 2.27. The van der Waals surface area contributed by atoms with Gasteiger partial charge in [0.25, 0.3) is 5.91 Å². The second-order valence-corrected chi connectivity index (χ2v) is 5.87. The summed E-state index contributed by atoms with van der Waals surface area (Å²) in [4.78, 5) is 18.7. The normalized spacial score (nSPS) is 15.8. The van der Waals surface area contributed by atoms with Crippen molar-refractivity contribution in [1.82, 2.24) is 14.5 Å². The molecule has 7 heteroatoms. The second-order valence-electron chi connectivity index (χ2n) is 5.87. The first-order valence-electron chi connectivity index (χ1n) is 7.86. The smallest absolute Gasteiger partial charge is 0.387 e. The number of hydrogen-bond acceptors (Lipinski definition) is 3. The molecule has 3 rings (SSSR count). The summed E-state index contributed by atoms with van der Waals surface area (Å²) in [6.07, 6.45) is 5.44. The molecule has 0 N–H and O–H groups in total. The molecule has 0 aliphatic carbocycles. The lowest BCUT2D eigenvalue weighted by Crippen LogP contribution is -2.38. The summed E-state index contributed by atoms with van der Waals surface area (Å²) in [5.41, 5.74) is 0.479. The summed E-state index contributed by atoms with van der Waals surface area (Å²) in [5.74, 6) is 1.37.